The number of esters is 1. The Balaban J connectivity index is 2.51. The van der Waals surface area contributed by atoms with Crippen LogP contribution in [0, 0.1) is 5.92 Å². The number of piperidine rings is 1. The van der Waals surface area contributed by atoms with Crippen LogP contribution in [0.25, 0.3) is 0 Å². The molecule has 0 spiro atoms. The maximum Gasteiger partial charge on any atom is 0.310 e. The fourth-order valence-electron chi connectivity index (χ4n) is 1.62. The molecule has 1 rings (SSSR count). The molecule has 0 radical (unpaired) electrons. The third-order valence-electron chi connectivity index (χ3n) is 2.40. The number of likely N-dealkylation sites (tertiary alicyclic amines) is 1. The van der Waals surface area contributed by atoms with Gasteiger partial charge in [0.2, 0.25) is 5.91 Å². The summed E-state index contributed by atoms with van der Waals surface area (Å²) in [7, 11) is 1.38. The fourth-order valence-corrected chi connectivity index (χ4v) is 1.62. The van der Waals surface area contributed by atoms with Crippen molar-refractivity contribution >= 4 is 11.9 Å². The van der Waals surface area contributed by atoms with Crippen LogP contribution in [-0.2, 0) is 14.3 Å². The van der Waals surface area contributed by atoms with Crippen molar-refractivity contribution in [3.05, 3.63) is 0 Å². The van der Waals surface area contributed by atoms with Gasteiger partial charge in [0, 0.05) is 20.0 Å². The topological polar surface area (TPSA) is 46.6 Å². The van der Waals surface area contributed by atoms with Gasteiger partial charge in [-0.05, 0) is 12.8 Å². The van der Waals surface area contributed by atoms with Gasteiger partial charge < -0.3 is 9.64 Å². The molecule has 74 valence electrons. The summed E-state index contributed by atoms with van der Waals surface area (Å²) in [5, 5.41) is 0. The predicted octanol–water partition coefficient (Wildman–Crippen LogP) is 0.418. The average Bonchev–Trinajstić information content (AvgIpc) is 2.17. The Morgan fingerprint density at radius 3 is 2.69 bits per heavy atom. The van der Waals surface area contributed by atoms with E-state index in [0.29, 0.717) is 6.54 Å². The molecule has 0 bridgehead atoms. The van der Waals surface area contributed by atoms with Crippen molar-refractivity contribution in [2.24, 2.45) is 5.92 Å². The van der Waals surface area contributed by atoms with Gasteiger partial charge in [0.25, 0.3) is 0 Å². The highest BCUT2D eigenvalue weighted by atomic mass is 16.5. The summed E-state index contributed by atoms with van der Waals surface area (Å²) in [5.41, 5.74) is 0. The third-order valence-corrected chi connectivity index (χ3v) is 2.40. The molecule has 1 amide bonds. The zero-order valence-electron chi connectivity index (χ0n) is 8.08. The Bertz CT molecular complexity index is 215. The van der Waals surface area contributed by atoms with Crippen molar-refractivity contribution in [2.75, 3.05) is 20.2 Å². The van der Waals surface area contributed by atoms with Crippen LogP contribution in [0.2, 0.25) is 0 Å². The molecule has 4 heteroatoms. The summed E-state index contributed by atoms with van der Waals surface area (Å²) in [6.07, 6.45) is 1.72. The maximum atomic E-state index is 11.2. The van der Waals surface area contributed by atoms with Gasteiger partial charge in [0.15, 0.2) is 0 Å². The lowest BCUT2D eigenvalue weighted by atomic mass is 9.98. The minimum absolute atomic E-state index is 0.0357. The van der Waals surface area contributed by atoms with Crippen molar-refractivity contribution < 1.29 is 14.3 Å². The number of nitrogens with zero attached hydrogens (tertiary/aromatic N) is 1. The zero-order valence-corrected chi connectivity index (χ0v) is 8.08. The number of hydrogen-bond donors (Lipinski definition) is 0. The Hall–Kier alpha value is -1.06. The van der Waals surface area contributed by atoms with Crippen LogP contribution in [0.5, 0.6) is 0 Å². The summed E-state index contributed by atoms with van der Waals surface area (Å²) in [6, 6.07) is 0. The highest BCUT2D eigenvalue weighted by Crippen LogP contribution is 2.17. The Kier molecular flexibility index (Phi) is 3.28. The van der Waals surface area contributed by atoms with Crippen molar-refractivity contribution in [1.29, 1.82) is 0 Å². The van der Waals surface area contributed by atoms with Gasteiger partial charge in [-0.15, -0.1) is 0 Å². The van der Waals surface area contributed by atoms with Crippen LogP contribution in [0.15, 0.2) is 0 Å². The van der Waals surface area contributed by atoms with Crippen LogP contribution in [0.4, 0.5) is 0 Å². The predicted molar refractivity (Wildman–Crippen MR) is 47.0 cm³/mol. The lowest BCUT2D eigenvalue weighted by Crippen LogP contribution is -2.41. The van der Waals surface area contributed by atoms with Gasteiger partial charge in [-0.25, -0.2) is 0 Å². The molecule has 13 heavy (non-hydrogen) atoms. The summed E-state index contributed by atoms with van der Waals surface area (Å²) < 4.78 is 4.64. The second-order valence-corrected chi connectivity index (χ2v) is 3.33. The van der Waals surface area contributed by atoms with E-state index in [1.165, 1.54) is 14.0 Å². The molecule has 0 aliphatic carbocycles. The number of hydrogen-bond acceptors (Lipinski definition) is 3. The first-order valence-electron chi connectivity index (χ1n) is 4.48. The Morgan fingerprint density at radius 2 is 2.15 bits per heavy atom. The normalized spacial score (nSPS) is 22.6. The summed E-state index contributed by atoms with van der Waals surface area (Å²) in [6.45, 7) is 2.81. The van der Waals surface area contributed by atoms with Gasteiger partial charge >= 0.3 is 5.97 Å². The molecular formula is C9H15NO3. The molecule has 4 nitrogen and oxygen atoms in total. The smallest absolute Gasteiger partial charge is 0.310 e. The van der Waals surface area contributed by atoms with Crippen LogP contribution < -0.4 is 0 Å². The lowest BCUT2D eigenvalue weighted by Gasteiger charge is -2.30. The van der Waals surface area contributed by atoms with Crippen molar-refractivity contribution in [1.82, 2.24) is 4.90 Å². The molecule has 0 aromatic rings. The number of amides is 1. The SMILES string of the molecule is COC(=O)C1CCCN(C(C)=O)C1. The maximum absolute atomic E-state index is 11.2. The summed E-state index contributed by atoms with van der Waals surface area (Å²) >= 11 is 0. The molecule has 1 aliphatic rings. The molecule has 1 heterocycles. The van der Waals surface area contributed by atoms with Gasteiger partial charge in [-0.1, -0.05) is 0 Å². The quantitative estimate of drug-likeness (QED) is 0.556. The van der Waals surface area contributed by atoms with Crippen LogP contribution in [0.3, 0.4) is 0 Å². The van der Waals surface area contributed by atoms with Gasteiger partial charge in [0.1, 0.15) is 0 Å². The molecule has 0 N–H and O–H groups in total. The van der Waals surface area contributed by atoms with E-state index in [0.717, 1.165) is 19.4 Å². The molecule has 1 unspecified atom stereocenters. The van der Waals surface area contributed by atoms with Crippen molar-refractivity contribution in [3.8, 4) is 0 Å². The minimum Gasteiger partial charge on any atom is -0.469 e. The number of ether oxygens (including phenoxy) is 1. The van der Waals surface area contributed by atoms with E-state index in [1.54, 1.807) is 4.90 Å². The van der Waals surface area contributed by atoms with E-state index in [2.05, 4.69) is 4.74 Å². The number of rotatable bonds is 1. The molecule has 1 atom stereocenters. The third kappa shape index (κ3) is 2.44. The van der Waals surface area contributed by atoms with Crippen molar-refractivity contribution in [2.45, 2.75) is 19.8 Å². The Morgan fingerprint density at radius 1 is 1.46 bits per heavy atom. The molecule has 1 aliphatic heterocycles. The Labute approximate surface area is 77.8 Å². The molecular weight excluding hydrogens is 170 g/mol. The number of methoxy groups -OCH3 is 1. The highest BCUT2D eigenvalue weighted by molar-refractivity contribution is 5.76. The fraction of sp³-hybridized carbons (Fsp3) is 0.778. The van der Waals surface area contributed by atoms with Crippen molar-refractivity contribution in [3.63, 3.8) is 0 Å². The molecule has 1 saturated heterocycles. The molecule has 0 aromatic heterocycles. The highest BCUT2D eigenvalue weighted by Gasteiger charge is 2.27. The second kappa shape index (κ2) is 4.25. The first-order chi connectivity index (χ1) is 6.15. The van der Waals surface area contributed by atoms with Crippen LogP contribution in [0.1, 0.15) is 19.8 Å². The minimum atomic E-state index is -0.203. The van der Waals surface area contributed by atoms with E-state index in [-0.39, 0.29) is 17.8 Å². The monoisotopic (exact) mass is 185 g/mol. The number of carbonyl (C=O) groups excluding carboxylic acids is 2. The van der Waals surface area contributed by atoms with Gasteiger partial charge in [-0.3, -0.25) is 9.59 Å². The van der Waals surface area contributed by atoms with Crippen LogP contribution in [-0.4, -0.2) is 37.0 Å². The average molecular weight is 185 g/mol. The standard InChI is InChI=1S/C9H15NO3/c1-7(11)10-5-3-4-8(6-10)9(12)13-2/h8H,3-6H2,1-2H3. The second-order valence-electron chi connectivity index (χ2n) is 3.33. The zero-order chi connectivity index (χ0) is 9.84. The first-order valence-corrected chi connectivity index (χ1v) is 4.48. The van der Waals surface area contributed by atoms with E-state index in [9.17, 15) is 9.59 Å². The largest absolute Gasteiger partial charge is 0.469 e. The van der Waals surface area contributed by atoms with Gasteiger partial charge in [-0.2, -0.15) is 0 Å². The van der Waals surface area contributed by atoms with Gasteiger partial charge in [0.05, 0.1) is 13.0 Å². The molecule has 0 saturated carbocycles. The van der Waals surface area contributed by atoms with E-state index < -0.39 is 0 Å². The molecule has 0 aromatic carbocycles. The van der Waals surface area contributed by atoms with E-state index in [1.807, 2.05) is 0 Å². The van der Waals surface area contributed by atoms with E-state index >= 15 is 0 Å². The molecule has 1 fully saturated rings. The summed E-state index contributed by atoms with van der Waals surface area (Å²) in [5.74, 6) is -0.290. The van der Waals surface area contributed by atoms with Crippen LogP contribution >= 0.6 is 0 Å². The number of carbonyl (C=O) groups is 2. The van der Waals surface area contributed by atoms with E-state index in [4.69, 9.17) is 0 Å². The summed E-state index contributed by atoms with van der Waals surface area (Å²) in [4.78, 5) is 23.9. The lowest BCUT2D eigenvalue weighted by molar-refractivity contribution is -0.148. The first kappa shape index (κ1) is 10.0.